The maximum Gasteiger partial charge on any atom is 0.255 e. The Morgan fingerprint density at radius 1 is 0.923 bits per heavy atom. The van der Waals surface area contributed by atoms with E-state index in [-0.39, 0.29) is 11.7 Å². The Morgan fingerprint density at radius 3 is 2.38 bits per heavy atom. The lowest BCUT2D eigenvalue weighted by Gasteiger charge is -2.09. The van der Waals surface area contributed by atoms with Crippen LogP contribution in [0.4, 0.5) is 5.69 Å². The second kappa shape index (κ2) is 6.32. The van der Waals surface area contributed by atoms with Gasteiger partial charge in [0.2, 0.25) is 0 Å². The number of rotatable bonds is 3. The Morgan fingerprint density at radius 2 is 1.65 bits per heavy atom. The number of nitrogens with one attached hydrogen (secondary N) is 1. The summed E-state index contributed by atoms with van der Waals surface area (Å²) in [4.78, 5) is 25.1. The summed E-state index contributed by atoms with van der Waals surface area (Å²) in [6.07, 6.45) is 0. The van der Waals surface area contributed by atoms with Gasteiger partial charge >= 0.3 is 0 Å². The Hall–Kier alpha value is -3.11. The van der Waals surface area contributed by atoms with Crippen molar-refractivity contribution in [3.63, 3.8) is 0 Å². The summed E-state index contributed by atoms with van der Waals surface area (Å²) in [6, 6.07) is 17.6. The fourth-order valence-electron chi connectivity index (χ4n) is 3.12. The molecule has 0 aliphatic heterocycles. The van der Waals surface area contributed by atoms with Gasteiger partial charge in [0.1, 0.15) is 5.75 Å². The van der Waals surface area contributed by atoms with Gasteiger partial charge in [-0.05, 0) is 41.5 Å². The van der Waals surface area contributed by atoms with E-state index in [9.17, 15) is 9.59 Å². The van der Waals surface area contributed by atoms with Gasteiger partial charge in [0.25, 0.3) is 5.91 Å². The van der Waals surface area contributed by atoms with E-state index in [2.05, 4.69) is 5.32 Å². The molecule has 1 aliphatic carbocycles. The van der Waals surface area contributed by atoms with Gasteiger partial charge in [-0.3, -0.25) is 9.59 Å². The Bertz CT molecular complexity index is 1060. The van der Waals surface area contributed by atoms with E-state index >= 15 is 0 Å². The number of hydrogen-bond acceptors (Lipinski definition) is 3. The summed E-state index contributed by atoms with van der Waals surface area (Å²) < 4.78 is 5.10. The molecular weight excluding hydrogens is 350 g/mol. The molecule has 0 atom stereocenters. The third-order valence-corrected chi connectivity index (χ3v) is 4.69. The van der Waals surface area contributed by atoms with Crippen molar-refractivity contribution in [3.8, 4) is 16.9 Å². The molecule has 1 N–H and O–H groups in total. The van der Waals surface area contributed by atoms with Gasteiger partial charge in [-0.1, -0.05) is 41.9 Å². The molecular formula is C21H14ClNO3. The molecule has 5 heteroatoms. The van der Waals surface area contributed by atoms with Crippen molar-refractivity contribution in [1.82, 2.24) is 0 Å². The van der Waals surface area contributed by atoms with Crippen LogP contribution in [-0.4, -0.2) is 18.8 Å². The number of carbonyl (C=O) groups is 2. The van der Waals surface area contributed by atoms with Gasteiger partial charge in [-0.25, -0.2) is 0 Å². The molecule has 3 aromatic carbocycles. The lowest BCUT2D eigenvalue weighted by atomic mass is 10.0. The monoisotopic (exact) mass is 363 g/mol. The summed E-state index contributed by atoms with van der Waals surface area (Å²) in [6.45, 7) is 0. The van der Waals surface area contributed by atoms with Crippen molar-refractivity contribution < 1.29 is 14.3 Å². The zero-order valence-electron chi connectivity index (χ0n) is 13.9. The van der Waals surface area contributed by atoms with Crippen LogP contribution in [0.1, 0.15) is 26.3 Å². The highest BCUT2D eigenvalue weighted by Gasteiger charge is 2.27. The first kappa shape index (κ1) is 16.4. The van der Waals surface area contributed by atoms with E-state index in [1.807, 2.05) is 24.3 Å². The zero-order chi connectivity index (χ0) is 18.3. The molecule has 0 spiro atoms. The van der Waals surface area contributed by atoms with Crippen LogP contribution < -0.4 is 10.1 Å². The standard InChI is InChI=1S/C21H14ClNO3/c1-26-19-9-7-13(11-18(19)22)23-21(25)12-6-8-15-14-4-2-3-5-16(14)20(24)17(15)10-12/h2-11H,1H3,(H,23,25). The molecule has 4 nitrogen and oxygen atoms in total. The minimum absolute atomic E-state index is 0.0576. The predicted octanol–water partition coefficient (Wildman–Crippen LogP) is 4.81. The van der Waals surface area contributed by atoms with E-state index in [4.69, 9.17) is 16.3 Å². The number of hydrogen-bond donors (Lipinski definition) is 1. The number of ketones is 1. The number of methoxy groups -OCH3 is 1. The molecule has 0 bridgehead atoms. The van der Waals surface area contributed by atoms with Crippen LogP contribution in [0, 0.1) is 0 Å². The maximum absolute atomic E-state index is 12.6. The SMILES string of the molecule is COc1ccc(NC(=O)c2ccc3c(c2)C(=O)c2ccccc2-3)cc1Cl. The van der Waals surface area contributed by atoms with E-state index in [0.717, 1.165) is 11.1 Å². The van der Waals surface area contributed by atoms with Crippen molar-refractivity contribution in [2.75, 3.05) is 12.4 Å². The quantitative estimate of drug-likeness (QED) is 0.568. The first-order valence-corrected chi connectivity index (χ1v) is 8.39. The zero-order valence-corrected chi connectivity index (χ0v) is 14.6. The van der Waals surface area contributed by atoms with Crippen LogP contribution in [0.5, 0.6) is 5.75 Å². The summed E-state index contributed by atoms with van der Waals surface area (Å²) >= 11 is 6.09. The first-order valence-electron chi connectivity index (χ1n) is 8.01. The van der Waals surface area contributed by atoms with Gasteiger partial charge in [-0.15, -0.1) is 0 Å². The van der Waals surface area contributed by atoms with Crippen LogP contribution in [0.2, 0.25) is 5.02 Å². The third-order valence-electron chi connectivity index (χ3n) is 4.40. The number of carbonyl (C=O) groups excluding carboxylic acids is 2. The molecule has 0 fully saturated rings. The normalized spacial score (nSPS) is 11.7. The number of anilines is 1. The number of benzene rings is 3. The highest BCUT2D eigenvalue weighted by Crippen LogP contribution is 2.36. The van der Waals surface area contributed by atoms with Crippen molar-refractivity contribution in [2.45, 2.75) is 0 Å². The minimum Gasteiger partial charge on any atom is -0.495 e. The van der Waals surface area contributed by atoms with Crippen LogP contribution in [0.3, 0.4) is 0 Å². The number of ether oxygens (including phenoxy) is 1. The highest BCUT2D eigenvalue weighted by atomic mass is 35.5. The molecule has 0 saturated heterocycles. The van der Waals surface area contributed by atoms with E-state index in [1.165, 1.54) is 7.11 Å². The molecule has 128 valence electrons. The van der Waals surface area contributed by atoms with Crippen molar-refractivity contribution in [3.05, 3.63) is 82.4 Å². The van der Waals surface area contributed by atoms with Crippen LogP contribution >= 0.6 is 11.6 Å². The Labute approximate surface area is 155 Å². The summed E-state index contributed by atoms with van der Waals surface area (Å²) in [7, 11) is 1.53. The van der Waals surface area contributed by atoms with Gasteiger partial charge in [0, 0.05) is 22.4 Å². The molecule has 1 aliphatic rings. The molecule has 26 heavy (non-hydrogen) atoms. The molecule has 0 unspecified atom stereocenters. The summed E-state index contributed by atoms with van der Waals surface area (Å²) in [5, 5.41) is 3.19. The lowest BCUT2D eigenvalue weighted by molar-refractivity contribution is 0.102. The number of halogens is 1. The topological polar surface area (TPSA) is 55.4 Å². The Balaban J connectivity index is 1.63. The largest absolute Gasteiger partial charge is 0.495 e. The lowest BCUT2D eigenvalue weighted by Crippen LogP contribution is -2.12. The number of amides is 1. The predicted molar refractivity (Wildman–Crippen MR) is 101 cm³/mol. The van der Waals surface area contributed by atoms with Gasteiger partial charge < -0.3 is 10.1 Å². The van der Waals surface area contributed by atoms with Crippen molar-refractivity contribution in [1.29, 1.82) is 0 Å². The number of fused-ring (bicyclic) bond motifs is 3. The molecule has 0 heterocycles. The first-order chi connectivity index (χ1) is 12.6. The summed E-state index contributed by atoms with van der Waals surface area (Å²) in [5.74, 6) is 0.168. The van der Waals surface area contributed by atoms with Crippen molar-refractivity contribution >= 4 is 29.0 Å². The molecule has 1 amide bonds. The van der Waals surface area contributed by atoms with Crippen LogP contribution in [-0.2, 0) is 0 Å². The maximum atomic E-state index is 12.6. The summed E-state index contributed by atoms with van der Waals surface area (Å²) in [5.41, 5.74) is 3.94. The second-order valence-electron chi connectivity index (χ2n) is 5.94. The van der Waals surface area contributed by atoms with Gasteiger partial charge in [0.05, 0.1) is 12.1 Å². The van der Waals surface area contributed by atoms with Crippen LogP contribution in [0.15, 0.2) is 60.7 Å². The second-order valence-corrected chi connectivity index (χ2v) is 6.35. The van der Waals surface area contributed by atoms with Gasteiger partial charge in [-0.2, -0.15) is 0 Å². The average Bonchev–Trinajstić information content (AvgIpc) is 2.94. The van der Waals surface area contributed by atoms with Crippen molar-refractivity contribution in [2.24, 2.45) is 0 Å². The molecule has 3 aromatic rings. The Kier molecular flexibility index (Phi) is 3.98. The fourth-order valence-corrected chi connectivity index (χ4v) is 3.37. The third kappa shape index (κ3) is 2.65. The molecule has 0 saturated carbocycles. The van der Waals surface area contributed by atoms with Gasteiger partial charge in [0.15, 0.2) is 5.78 Å². The average molecular weight is 364 g/mol. The smallest absolute Gasteiger partial charge is 0.255 e. The van der Waals surface area contributed by atoms with E-state index < -0.39 is 0 Å². The van der Waals surface area contributed by atoms with E-state index in [1.54, 1.807) is 36.4 Å². The molecule has 0 radical (unpaired) electrons. The van der Waals surface area contributed by atoms with Crippen LogP contribution in [0.25, 0.3) is 11.1 Å². The molecule has 0 aromatic heterocycles. The fraction of sp³-hybridized carbons (Fsp3) is 0.0476. The molecule has 4 rings (SSSR count). The van der Waals surface area contributed by atoms with E-state index in [0.29, 0.717) is 33.1 Å². The highest BCUT2D eigenvalue weighted by molar-refractivity contribution is 6.32. The minimum atomic E-state index is -0.308.